The number of hydrogen-bond donors (Lipinski definition) is 0. The number of fused-ring (bicyclic) bond motifs is 6. The van der Waals surface area contributed by atoms with E-state index in [1.807, 2.05) is 27.7 Å². The minimum atomic E-state index is -3.67. The van der Waals surface area contributed by atoms with Gasteiger partial charge in [0.1, 0.15) is 5.60 Å². The van der Waals surface area contributed by atoms with Gasteiger partial charge in [0.25, 0.3) is 0 Å². The number of carbonyl (C=O) groups excluding carboxylic acids is 1. The number of halogens is 3. The Hall–Kier alpha value is -1.98. The highest BCUT2D eigenvalue weighted by molar-refractivity contribution is 7.87. The van der Waals surface area contributed by atoms with Crippen molar-refractivity contribution in [1.82, 2.24) is 14.7 Å². The van der Waals surface area contributed by atoms with Gasteiger partial charge in [0.15, 0.2) is 0 Å². The van der Waals surface area contributed by atoms with Gasteiger partial charge < -0.3 is 13.8 Å². The molecule has 176 valence electrons. The van der Waals surface area contributed by atoms with Crippen LogP contribution in [0.1, 0.15) is 64.3 Å². The lowest BCUT2D eigenvalue weighted by atomic mass is 10.1. The van der Waals surface area contributed by atoms with Crippen LogP contribution in [0.4, 0.5) is 18.0 Å². The van der Waals surface area contributed by atoms with E-state index in [4.69, 9.17) is 14.0 Å². The summed E-state index contributed by atoms with van der Waals surface area (Å²) < 4.78 is 66.9. The minimum absolute atomic E-state index is 0.0754. The van der Waals surface area contributed by atoms with Crippen molar-refractivity contribution >= 4 is 16.2 Å². The normalized spacial score (nSPS) is 26.6. The van der Waals surface area contributed by atoms with Gasteiger partial charge in [-0.25, -0.2) is 9.48 Å². The molecule has 4 rings (SSSR count). The van der Waals surface area contributed by atoms with Crippen molar-refractivity contribution in [2.75, 3.05) is 6.54 Å². The second-order valence-electron chi connectivity index (χ2n) is 9.06. The van der Waals surface area contributed by atoms with Crippen molar-refractivity contribution in [1.29, 1.82) is 0 Å². The molecule has 1 saturated carbocycles. The molecule has 0 radical (unpaired) electrons. The summed E-state index contributed by atoms with van der Waals surface area (Å²) in [4.78, 5) is 14.2. The summed E-state index contributed by atoms with van der Waals surface area (Å²) in [6.07, 6.45) is 2.69. The Morgan fingerprint density at radius 3 is 2.52 bits per heavy atom. The number of aromatic nitrogens is 2. The van der Waals surface area contributed by atoms with Crippen LogP contribution in [0.25, 0.3) is 0 Å². The van der Waals surface area contributed by atoms with Gasteiger partial charge in [0.05, 0.1) is 17.0 Å². The molecule has 0 spiro atoms. The molecule has 0 aromatic carbocycles. The first-order valence-corrected chi connectivity index (χ1v) is 11.7. The van der Waals surface area contributed by atoms with E-state index in [0.717, 1.165) is 17.7 Å². The Labute approximate surface area is 179 Å². The van der Waals surface area contributed by atoms with E-state index in [1.54, 1.807) is 9.58 Å². The number of alkyl halides is 3. The minimum Gasteiger partial charge on any atom is -0.444 e. The van der Waals surface area contributed by atoms with Crippen molar-refractivity contribution in [3.8, 4) is 5.88 Å². The van der Waals surface area contributed by atoms with Gasteiger partial charge in [-0.3, -0.25) is 0 Å². The van der Waals surface area contributed by atoms with Crippen LogP contribution < -0.4 is 4.18 Å². The average Bonchev–Trinajstić information content (AvgIpc) is 3.13. The Bertz CT molecular complexity index is 926. The van der Waals surface area contributed by atoms with E-state index in [-0.39, 0.29) is 18.2 Å². The summed E-state index contributed by atoms with van der Waals surface area (Å²) in [5, 5.41) is 4.26. The van der Waals surface area contributed by atoms with Crippen molar-refractivity contribution < 1.29 is 35.3 Å². The van der Waals surface area contributed by atoms with Crippen LogP contribution in [0, 0.1) is 0 Å². The zero-order chi connectivity index (χ0) is 23.1. The van der Waals surface area contributed by atoms with E-state index in [9.17, 15) is 26.4 Å². The quantitative estimate of drug-likeness (QED) is 0.542. The summed E-state index contributed by atoms with van der Waals surface area (Å²) in [7, 11) is -3.63. The molecule has 3 unspecified atom stereocenters. The number of ether oxygens (including phenoxy) is 1. The molecular weight excluding hydrogens is 439 g/mol. The SMILES string of the molecule is CC1Cc2c(nn3c2OS(=O)(=O)C2CCC3C2)CCN1C(=O)OC(C)(C)C.FC(F)F. The zero-order valence-electron chi connectivity index (χ0n) is 18.0. The van der Waals surface area contributed by atoms with E-state index >= 15 is 0 Å². The maximum Gasteiger partial charge on any atom is 0.410 e. The fraction of sp³-hybridized carbons (Fsp3) is 0.789. The molecule has 1 fully saturated rings. The van der Waals surface area contributed by atoms with Crippen LogP contribution in [-0.2, 0) is 27.7 Å². The number of carbonyl (C=O) groups is 1. The lowest BCUT2D eigenvalue weighted by Crippen LogP contribution is -2.43. The first-order chi connectivity index (χ1) is 14.3. The molecule has 0 saturated heterocycles. The molecule has 8 nitrogen and oxygen atoms in total. The molecule has 1 amide bonds. The zero-order valence-corrected chi connectivity index (χ0v) is 18.8. The average molecular weight is 468 g/mol. The molecule has 31 heavy (non-hydrogen) atoms. The lowest BCUT2D eigenvalue weighted by molar-refractivity contribution is 0.00810. The first-order valence-electron chi connectivity index (χ1n) is 10.2. The first kappa shape index (κ1) is 23.7. The third kappa shape index (κ3) is 5.27. The number of hydrogen-bond acceptors (Lipinski definition) is 6. The molecule has 1 aromatic rings. The van der Waals surface area contributed by atoms with Gasteiger partial charge in [-0.1, -0.05) is 0 Å². The number of rotatable bonds is 0. The van der Waals surface area contributed by atoms with Crippen molar-refractivity contribution in [2.45, 2.75) is 89.4 Å². The fourth-order valence-corrected chi connectivity index (χ4v) is 5.68. The summed E-state index contributed by atoms with van der Waals surface area (Å²) >= 11 is 0. The van der Waals surface area contributed by atoms with E-state index < -0.39 is 27.6 Å². The van der Waals surface area contributed by atoms with Crippen LogP contribution in [0.15, 0.2) is 0 Å². The Morgan fingerprint density at radius 2 is 1.90 bits per heavy atom. The van der Waals surface area contributed by atoms with Crippen LogP contribution in [0.2, 0.25) is 0 Å². The van der Waals surface area contributed by atoms with Crippen LogP contribution in [-0.4, -0.2) is 59.3 Å². The molecule has 3 heterocycles. The Morgan fingerprint density at radius 1 is 1.26 bits per heavy atom. The lowest BCUT2D eigenvalue weighted by Gasteiger charge is -2.30. The molecule has 3 atom stereocenters. The summed E-state index contributed by atoms with van der Waals surface area (Å²) in [5.41, 5.74) is 1.07. The van der Waals surface area contributed by atoms with Crippen molar-refractivity contribution in [3.63, 3.8) is 0 Å². The van der Waals surface area contributed by atoms with Gasteiger partial charge in [-0.2, -0.15) is 26.7 Å². The molecule has 2 bridgehead atoms. The van der Waals surface area contributed by atoms with E-state index in [0.29, 0.717) is 38.1 Å². The van der Waals surface area contributed by atoms with Gasteiger partial charge in [-0.15, -0.1) is 0 Å². The molecule has 0 N–H and O–H groups in total. The maximum atomic E-state index is 12.6. The predicted molar refractivity (Wildman–Crippen MR) is 105 cm³/mol. The van der Waals surface area contributed by atoms with Gasteiger partial charge in [0, 0.05) is 24.6 Å². The maximum absolute atomic E-state index is 12.6. The van der Waals surface area contributed by atoms with Gasteiger partial charge in [0.2, 0.25) is 5.88 Å². The topological polar surface area (TPSA) is 90.7 Å². The summed E-state index contributed by atoms with van der Waals surface area (Å²) in [6.45, 7) is 4.29. The monoisotopic (exact) mass is 467 g/mol. The summed E-state index contributed by atoms with van der Waals surface area (Å²) in [6, 6.07) is -0.0618. The number of amides is 1. The second-order valence-corrected chi connectivity index (χ2v) is 10.9. The van der Waals surface area contributed by atoms with Gasteiger partial charge in [-0.05, 0) is 53.4 Å². The standard InChI is InChI=1S/C18H27N3O5S.CHF3/c1-11-9-14-15(7-8-20(11)17(22)25-18(2,3)4)19-21-12-5-6-13(10-12)27(23,24)26-16(14)21;2-1(3)4/h11-13H,5-10H2,1-4H3;1H. The van der Waals surface area contributed by atoms with Crippen LogP contribution in [0.3, 0.4) is 0 Å². The van der Waals surface area contributed by atoms with Gasteiger partial charge >= 0.3 is 22.9 Å². The van der Waals surface area contributed by atoms with E-state index in [2.05, 4.69) is 0 Å². The third-order valence-corrected chi connectivity index (χ3v) is 7.23. The highest BCUT2D eigenvalue weighted by Gasteiger charge is 2.44. The highest BCUT2D eigenvalue weighted by atomic mass is 32.2. The van der Waals surface area contributed by atoms with E-state index in [1.165, 1.54) is 0 Å². The molecule has 2 aliphatic heterocycles. The highest BCUT2D eigenvalue weighted by Crippen LogP contribution is 2.43. The summed E-state index contributed by atoms with van der Waals surface area (Å²) in [5.74, 6) is 0.357. The molecule has 3 aliphatic rings. The van der Waals surface area contributed by atoms with Crippen LogP contribution >= 0.6 is 0 Å². The number of nitrogens with zero attached hydrogens (tertiary/aromatic N) is 3. The predicted octanol–water partition coefficient (Wildman–Crippen LogP) is 3.60. The molecular formula is C19H28F3N3O5S. The third-order valence-electron chi connectivity index (χ3n) is 5.60. The van der Waals surface area contributed by atoms with Crippen LogP contribution in [0.5, 0.6) is 5.88 Å². The second kappa shape index (κ2) is 8.51. The molecule has 1 aromatic heterocycles. The molecule has 12 heteroatoms. The smallest absolute Gasteiger partial charge is 0.410 e. The van der Waals surface area contributed by atoms with Crippen molar-refractivity contribution in [2.24, 2.45) is 0 Å². The molecule has 1 aliphatic carbocycles. The Balaban J connectivity index is 0.000000628. The largest absolute Gasteiger partial charge is 0.444 e. The Kier molecular flexibility index (Phi) is 6.50. The fourth-order valence-electron chi connectivity index (χ4n) is 4.26. The van der Waals surface area contributed by atoms with Crippen molar-refractivity contribution in [3.05, 3.63) is 11.3 Å².